The lowest BCUT2D eigenvalue weighted by molar-refractivity contribution is -0.136. The molecule has 1 unspecified atom stereocenters. The number of pyridine rings is 1. The highest BCUT2D eigenvalue weighted by Crippen LogP contribution is 2.29. The summed E-state index contributed by atoms with van der Waals surface area (Å²) in [5, 5.41) is 8.86. The fourth-order valence-corrected chi connectivity index (χ4v) is 4.87. The second-order valence-electron chi connectivity index (χ2n) is 8.78. The van der Waals surface area contributed by atoms with Crippen molar-refractivity contribution >= 4 is 17.4 Å². The number of ether oxygens (including phenoxy) is 1. The van der Waals surface area contributed by atoms with Gasteiger partial charge in [-0.15, -0.1) is 10.2 Å². The van der Waals surface area contributed by atoms with Gasteiger partial charge in [0, 0.05) is 57.2 Å². The minimum Gasteiger partial charge on any atom is -0.495 e. The summed E-state index contributed by atoms with van der Waals surface area (Å²) in [5.74, 6) is 1.96. The maximum absolute atomic E-state index is 13.3. The van der Waals surface area contributed by atoms with E-state index in [1.54, 1.807) is 19.5 Å². The lowest BCUT2D eigenvalue weighted by Crippen LogP contribution is -2.52. The van der Waals surface area contributed by atoms with Crippen molar-refractivity contribution in [3.05, 3.63) is 60.9 Å². The molecule has 3 aromatic rings. The molecule has 1 atom stereocenters. The highest BCUT2D eigenvalue weighted by Gasteiger charge is 2.32. The van der Waals surface area contributed by atoms with Gasteiger partial charge in [0.2, 0.25) is 5.91 Å². The zero-order valence-corrected chi connectivity index (χ0v) is 19.5. The van der Waals surface area contributed by atoms with E-state index in [0.717, 1.165) is 74.1 Å². The molecule has 2 aliphatic rings. The molecular weight excluding hydrogens is 428 g/mol. The van der Waals surface area contributed by atoms with E-state index in [-0.39, 0.29) is 11.8 Å². The van der Waals surface area contributed by atoms with Gasteiger partial charge in [0.05, 0.1) is 24.4 Å². The first-order valence-electron chi connectivity index (χ1n) is 11.9. The average Bonchev–Trinajstić information content (AvgIpc) is 2.93. The van der Waals surface area contributed by atoms with Crippen LogP contribution in [-0.4, -0.2) is 72.4 Å². The summed E-state index contributed by atoms with van der Waals surface area (Å²) in [5.41, 5.74) is 2.91. The number of hydrogen-bond acceptors (Lipinski definition) is 7. The van der Waals surface area contributed by atoms with Crippen LogP contribution in [-0.2, 0) is 4.79 Å². The molecule has 0 N–H and O–H groups in total. The Morgan fingerprint density at radius 3 is 2.44 bits per heavy atom. The lowest BCUT2D eigenvalue weighted by Gasteiger charge is -2.40. The molecule has 2 aliphatic heterocycles. The van der Waals surface area contributed by atoms with Crippen LogP contribution in [0.5, 0.6) is 5.75 Å². The van der Waals surface area contributed by atoms with Gasteiger partial charge >= 0.3 is 0 Å². The van der Waals surface area contributed by atoms with Gasteiger partial charge in [0.25, 0.3) is 0 Å². The Morgan fingerprint density at radius 1 is 0.912 bits per heavy atom. The van der Waals surface area contributed by atoms with E-state index in [0.29, 0.717) is 6.54 Å². The fourth-order valence-electron chi connectivity index (χ4n) is 4.87. The van der Waals surface area contributed by atoms with Gasteiger partial charge in [-0.2, -0.15) is 0 Å². The van der Waals surface area contributed by atoms with E-state index >= 15 is 0 Å². The van der Waals surface area contributed by atoms with Crippen molar-refractivity contribution < 1.29 is 9.53 Å². The summed E-state index contributed by atoms with van der Waals surface area (Å²) in [6, 6.07) is 15.9. The molecule has 5 rings (SSSR count). The van der Waals surface area contributed by atoms with Gasteiger partial charge in [0.1, 0.15) is 5.75 Å². The van der Waals surface area contributed by atoms with E-state index in [2.05, 4.69) is 31.0 Å². The molecule has 0 saturated carbocycles. The van der Waals surface area contributed by atoms with Gasteiger partial charge in [-0.3, -0.25) is 9.78 Å². The van der Waals surface area contributed by atoms with Crippen molar-refractivity contribution in [1.82, 2.24) is 20.1 Å². The zero-order valence-electron chi connectivity index (χ0n) is 19.5. The predicted molar refractivity (Wildman–Crippen MR) is 132 cm³/mol. The van der Waals surface area contributed by atoms with Crippen molar-refractivity contribution in [3.8, 4) is 17.0 Å². The first-order chi connectivity index (χ1) is 16.7. The maximum Gasteiger partial charge on any atom is 0.227 e. The lowest BCUT2D eigenvalue weighted by atomic mass is 9.96. The molecule has 176 valence electrons. The number of nitrogens with zero attached hydrogens (tertiary/aromatic N) is 6. The SMILES string of the molecule is COc1ccccc1N1CCN(C(=O)C2CCCN(c3ccc(-c4ccncc4)nn3)C2)CC1. The third kappa shape index (κ3) is 4.66. The van der Waals surface area contributed by atoms with Crippen molar-refractivity contribution in [2.24, 2.45) is 5.92 Å². The van der Waals surface area contributed by atoms with Gasteiger partial charge < -0.3 is 19.4 Å². The molecule has 8 nitrogen and oxygen atoms in total. The molecule has 0 radical (unpaired) electrons. The first-order valence-corrected chi connectivity index (χ1v) is 11.9. The highest BCUT2D eigenvalue weighted by molar-refractivity contribution is 5.80. The van der Waals surface area contributed by atoms with Crippen molar-refractivity contribution in [1.29, 1.82) is 0 Å². The van der Waals surface area contributed by atoms with Gasteiger partial charge in [-0.05, 0) is 49.2 Å². The molecule has 4 heterocycles. The Balaban J connectivity index is 1.19. The first kappa shape index (κ1) is 22.1. The molecule has 8 heteroatoms. The molecule has 2 fully saturated rings. The maximum atomic E-state index is 13.3. The average molecular weight is 459 g/mol. The molecule has 0 aliphatic carbocycles. The molecule has 0 spiro atoms. The number of carbonyl (C=O) groups is 1. The standard InChI is InChI=1S/C26H30N6O2/c1-34-24-7-3-2-6-23(24)30-15-17-31(18-16-30)26(33)21-5-4-14-32(19-21)25-9-8-22(28-29-25)20-10-12-27-13-11-20/h2-3,6-13,21H,4-5,14-19H2,1H3. The number of piperidine rings is 1. The summed E-state index contributed by atoms with van der Waals surface area (Å²) < 4.78 is 5.51. The van der Waals surface area contributed by atoms with E-state index < -0.39 is 0 Å². The van der Waals surface area contributed by atoms with E-state index in [1.807, 2.05) is 47.4 Å². The molecular formula is C26H30N6O2. The molecule has 1 aromatic carbocycles. The fraction of sp³-hybridized carbons (Fsp3) is 0.385. The number of para-hydroxylation sites is 2. The Bertz CT molecular complexity index is 1100. The minimum absolute atomic E-state index is 0.00626. The second-order valence-corrected chi connectivity index (χ2v) is 8.78. The number of amides is 1. The Hall–Kier alpha value is -3.68. The largest absolute Gasteiger partial charge is 0.495 e. The molecule has 34 heavy (non-hydrogen) atoms. The quantitative estimate of drug-likeness (QED) is 0.582. The second kappa shape index (κ2) is 10.1. The van der Waals surface area contributed by atoms with Crippen LogP contribution in [0, 0.1) is 5.92 Å². The van der Waals surface area contributed by atoms with Crippen LogP contribution in [0.1, 0.15) is 12.8 Å². The van der Waals surface area contributed by atoms with E-state index in [9.17, 15) is 4.79 Å². The monoisotopic (exact) mass is 458 g/mol. The third-order valence-electron chi connectivity index (χ3n) is 6.74. The number of aromatic nitrogens is 3. The topological polar surface area (TPSA) is 74.7 Å². The number of anilines is 2. The molecule has 1 amide bonds. The summed E-state index contributed by atoms with van der Waals surface area (Å²) in [6.45, 7) is 4.67. The third-order valence-corrected chi connectivity index (χ3v) is 6.74. The number of hydrogen-bond donors (Lipinski definition) is 0. The Morgan fingerprint density at radius 2 is 1.71 bits per heavy atom. The summed E-state index contributed by atoms with van der Waals surface area (Å²) in [6.07, 6.45) is 5.40. The molecule has 2 aromatic heterocycles. The van der Waals surface area contributed by atoms with Crippen LogP contribution in [0.4, 0.5) is 11.5 Å². The van der Waals surface area contributed by atoms with Crippen molar-refractivity contribution in [3.63, 3.8) is 0 Å². The minimum atomic E-state index is -0.00626. The number of methoxy groups -OCH3 is 1. The van der Waals surface area contributed by atoms with E-state index in [4.69, 9.17) is 4.74 Å². The smallest absolute Gasteiger partial charge is 0.227 e. The zero-order chi connectivity index (χ0) is 23.3. The van der Waals surface area contributed by atoms with Crippen LogP contribution in [0.25, 0.3) is 11.3 Å². The van der Waals surface area contributed by atoms with Gasteiger partial charge in [0.15, 0.2) is 5.82 Å². The van der Waals surface area contributed by atoms with Crippen LogP contribution in [0.15, 0.2) is 60.9 Å². The van der Waals surface area contributed by atoms with Crippen LogP contribution < -0.4 is 14.5 Å². The molecule has 0 bridgehead atoms. The van der Waals surface area contributed by atoms with Gasteiger partial charge in [-0.25, -0.2) is 0 Å². The van der Waals surface area contributed by atoms with Crippen LogP contribution in [0.2, 0.25) is 0 Å². The van der Waals surface area contributed by atoms with Crippen molar-refractivity contribution in [2.75, 3.05) is 56.2 Å². The molecule has 2 saturated heterocycles. The summed E-state index contributed by atoms with van der Waals surface area (Å²) >= 11 is 0. The van der Waals surface area contributed by atoms with Gasteiger partial charge in [-0.1, -0.05) is 12.1 Å². The van der Waals surface area contributed by atoms with E-state index in [1.165, 1.54) is 0 Å². The normalized spacial score (nSPS) is 18.6. The number of carbonyl (C=O) groups excluding carboxylic acids is 1. The Kier molecular flexibility index (Phi) is 6.56. The van der Waals surface area contributed by atoms with Crippen molar-refractivity contribution in [2.45, 2.75) is 12.8 Å². The number of rotatable bonds is 5. The predicted octanol–water partition coefficient (Wildman–Crippen LogP) is 3.11. The Labute approximate surface area is 200 Å². The highest BCUT2D eigenvalue weighted by atomic mass is 16.5. The number of benzene rings is 1. The summed E-state index contributed by atoms with van der Waals surface area (Å²) in [7, 11) is 1.70. The van der Waals surface area contributed by atoms with Crippen LogP contribution in [0.3, 0.4) is 0 Å². The summed E-state index contributed by atoms with van der Waals surface area (Å²) in [4.78, 5) is 23.9. The van der Waals surface area contributed by atoms with Crippen LogP contribution >= 0.6 is 0 Å². The number of piperazine rings is 1.